The number of rotatable bonds is 10. The molecule has 0 bridgehead atoms. The van der Waals surface area contributed by atoms with Gasteiger partial charge >= 0.3 is 0 Å². The van der Waals surface area contributed by atoms with E-state index in [1.54, 1.807) is 30.3 Å². The van der Waals surface area contributed by atoms with Crippen LogP contribution < -0.4 is 9.47 Å². The molecule has 180 valence electrons. The van der Waals surface area contributed by atoms with Crippen molar-refractivity contribution in [2.45, 2.75) is 37.3 Å². The molecule has 0 radical (unpaired) electrons. The van der Waals surface area contributed by atoms with E-state index in [1.807, 2.05) is 36.9 Å². The fourth-order valence-corrected chi connectivity index (χ4v) is 7.16. The first kappa shape index (κ1) is 25.1. The molecule has 2 aliphatic heterocycles. The maximum atomic E-state index is 13.1. The summed E-state index contributed by atoms with van der Waals surface area (Å²) in [6.07, 6.45) is 1.40. The molecule has 0 unspecified atom stereocenters. The minimum atomic E-state index is -3.15. The summed E-state index contributed by atoms with van der Waals surface area (Å²) in [5.41, 5.74) is 0.941. The van der Waals surface area contributed by atoms with E-state index in [0.717, 1.165) is 23.5 Å². The minimum Gasteiger partial charge on any atom is -0.497 e. The maximum absolute atomic E-state index is 13.1. The topological polar surface area (TPSA) is 79.4 Å². The van der Waals surface area contributed by atoms with Crippen molar-refractivity contribution in [1.82, 2.24) is 14.1 Å². The molecule has 1 amide bonds. The van der Waals surface area contributed by atoms with Gasteiger partial charge in [0.05, 0.1) is 25.2 Å². The van der Waals surface area contributed by atoms with E-state index >= 15 is 0 Å². The molecular weight excluding hydrogens is 450 g/mol. The molecule has 0 saturated carbocycles. The number of nitrogens with zero attached hydrogens (tertiary/aromatic N) is 3. The third-order valence-corrected chi connectivity index (χ3v) is 9.76. The summed E-state index contributed by atoms with van der Waals surface area (Å²) in [6.45, 7) is 7.61. The van der Waals surface area contributed by atoms with Gasteiger partial charge < -0.3 is 14.4 Å². The van der Waals surface area contributed by atoms with Gasteiger partial charge in [0, 0.05) is 44.8 Å². The first-order valence-corrected chi connectivity index (χ1v) is 13.8. The lowest BCUT2D eigenvalue weighted by Gasteiger charge is -2.35. The second-order valence-electron chi connectivity index (χ2n) is 8.08. The maximum Gasteiger partial charge on any atom is 0.236 e. The first-order valence-electron chi connectivity index (χ1n) is 11.2. The fourth-order valence-electron chi connectivity index (χ4n) is 4.23. The molecule has 0 N–H and O–H groups in total. The normalized spacial score (nSPS) is 23.0. The number of benzene rings is 1. The Balaban J connectivity index is 1.69. The van der Waals surface area contributed by atoms with E-state index < -0.39 is 10.0 Å². The lowest BCUT2D eigenvalue weighted by Crippen LogP contribution is -2.51. The predicted molar refractivity (Wildman–Crippen MR) is 128 cm³/mol. The van der Waals surface area contributed by atoms with Crippen LogP contribution in [0.5, 0.6) is 11.5 Å². The Morgan fingerprint density at radius 2 is 1.78 bits per heavy atom. The molecular formula is C22H35N3O5S2. The van der Waals surface area contributed by atoms with Crippen LogP contribution in [0.25, 0.3) is 0 Å². The molecule has 10 heteroatoms. The smallest absolute Gasteiger partial charge is 0.236 e. The summed E-state index contributed by atoms with van der Waals surface area (Å²) in [4.78, 5) is 17.3. The molecule has 0 spiro atoms. The number of sulfonamides is 1. The number of carbonyl (C=O) groups is 1. The molecule has 1 aromatic carbocycles. The van der Waals surface area contributed by atoms with Crippen LogP contribution in [0, 0.1) is 0 Å². The Morgan fingerprint density at radius 1 is 1.06 bits per heavy atom. The molecule has 3 rings (SSSR count). The SMILES string of the molecule is CCCS(=O)(=O)N1CCN(CCN2C(=O)[C@H](CC)S[C@H]2c2cc(OC)ccc2OC)CC1. The van der Waals surface area contributed by atoms with E-state index in [4.69, 9.17) is 9.47 Å². The zero-order valence-corrected chi connectivity index (χ0v) is 21.1. The Morgan fingerprint density at radius 3 is 2.38 bits per heavy atom. The van der Waals surface area contributed by atoms with Gasteiger partial charge in [0.1, 0.15) is 16.9 Å². The van der Waals surface area contributed by atoms with Crippen molar-refractivity contribution in [2.24, 2.45) is 0 Å². The van der Waals surface area contributed by atoms with Crippen LogP contribution in [0.15, 0.2) is 18.2 Å². The minimum absolute atomic E-state index is 0.0769. The molecule has 32 heavy (non-hydrogen) atoms. The van der Waals surface area contributed by atoms with Crippen molar-refractivity contribution in [1.29, 1.82) is 0 Å². The average molecular weight is 486 g/mol. The van der Waals surface area contributed by atoms with Gasteiger partial charge in [0.15, 0.2) is 0 Å². The third kappa shape index (κ3) is 5.52. The summed E-state index contributed by atoms with van der Waals surface area (Å²) in [5.74, 6) is 1.83. The predicted octanol–water partition coefficient (Wildman–Crippen LogP) is 2.41. The van der Waals surface area contributed by atoms with Gasteiger partial charge in [-0.05, 0) is 31.0 Å². The zero-order valence-electron chi connectivity index (χ0n) is 19.5. The highest BCUT2D eigenvalue weighted by Crippen LogP contribution is 2.47. The van der Waals surface area contributed by atoms with Crippen LogP contribution in [0.4, 0.5) is 0 Å². The molecule has 0 aliphatic carbocycles. The number of piperazine rings is 1. The number of hydrogen-bond donors (Lipinski definition) is 0. The van der Waals surface area contributed by atoms with E-state index in [1.165, 1.54) is 0 Å². The lowest BCUT2D eigenvalue weighted by atomic mass is 10.1. The quantitative estimate of drug-likeness (QED) is 0.504. The highest BCUT2D eigenvalue weighted by molar-refractivity contribution is 8.01. The van der Waals surface area contributed by atoms with E-state index in [-0.39, 0.29) is 22.3 Å². The van der Waals surface area contributed by atoms with Crippen LogP contribution in [0.3, 0.4) is 0 Å². The van der Waals surface area contributed by atoms with E-state index in [0.29, 0.717) is 45.7 Å². The summed E-state index contributed by atoms with van der Waals surface area (Å²) < 4.78 is 37.2. The van der Waals surface area contributed by atoms with Gasteiger partial charge in [0.25, 0.3) is 0 Å². The second kappa shape index (κ2) is 11.1. The standard InChI is InChI=1S/C22H35N3O5S2/c1-5-15-32(27,28)24-12-9-23(10-13-24)11-14-25-21(26)20(6-2)31-22(25)18-16-17(29-3)7-8-19(18)30-4/h7-8,16,20,22H,5-6,9-15H2,1-4H3/t20-,22-/m0/s1. The number of methoxy groups -OCH3 is 2. The molecule has 1 aromatic rings. The summed E-state index contributed by atoms with van der Waals surface area (Å²) in [5, 5.41) is -0.212. The lowest BCUT2D eigenvalue weighted by molar-refractivity contribution is -0.130. The van der Waals surface area contributed by atoms with Crippen molar-refractivity contribution in [3.05, 3.63) is 23.8 Å². The first-order chi connectivity index (χ1) is 15.3. The Kier molecular flexibility index (Phi) is 8.71. The highest BCUT2D eigenvalue weighted by atomic mass is 32.2. The van der Waals surface area contributed by atoms with Crippen LogP contribution in [0.1, 0.15) is 37.6 Å². The average Bonchev–Trinajstić information content (AvgIpc) is 3.12. The number of hydrogen-bond acceptors (Lipinski definition) is 7. The zero-order chi connectivity index (χ0) is 23.3. The van der Waals surface area contributed by atoms with Gasteiger partial charge in [-0.2, -0.15) is 4.31 Å². The van der Waals surface area contributed by atoms with Crippen LogP contribution in [-0.4, -0.2) is 92.9 Å². The fraction of sp³-hybridized carbons (Fsp3) is 0.682. The molecule has 2 heterocycles. The Bertz CT molecular complexity index is 888. The molecule has 2 aliphatic rings. The Labute approximate surface area is 196 Å². The van der Waals surface area contributed by atoms with Crippen LogP contribution in [0.2, 0.25) is 0 Å². The van der Waals surface area contributed by atoms with Gasteiger partial charge in [-0.25, -0.2) is 8.42 Å². The molecule has 0 aromatic heterocycles. The highest BCUT2D eigenvalue weighted by Gasteiger charge is 2.41. The van der Waals surface area contributed by atoms with E-state index in [9.17, 15) is 13.2 Å². The van der Waals surface area contributed by atoms with Crippen molar-refractivity contribution < 1.29 is 22.7 Å². The number of ether oxygens (including phenoxy) is 2. The second-order valence-corrected chi connectivity index (χ2v) is 11.5. The summed E-state index contributed by atoms with van der Waals surface area (Å²) in [7, 11) is 0.117. The largest absolute Gasteiger partial charge is 0.497 e. The van der Waals surface area contributed by atoms with Gasteiger partial charge in [0.2, 0.25) is 15.9 Å². The van der Waals surface area contributed by atoms with Crippen LogP contribution in [-0.2, 0) is 14.8 Å². The summed E-state index contributed by atoms with van der Waals surface area (Å²) >= 11 is 1.66. The number of carbonyl (C=O) groups excluding carboxylic acids is 1. The summed E-state index contributed by atoms with van der Waals surface area (Å²) in [6, 6.07) is 5.69. The van der Waals surface area contributed by atoms with Gasteiger partial charge in [-0.3, -0.25) is 9.69 Å². The third-order valence-electron chi connectivity index (χ3n) is 6.05. The Hall–Kier alpha value is -1.49. The van der Waals surface area contributed by atoms with Crippen LogP contribution >= 0.6 is 11.8 Å². The monoisotopic (exact) mass is 485 g/mol. The molecule has 2 saturated heterocycles. The van der Waals surface area contributed by atoms with Crippen molar-refractivity contribution in [3.8, 4) is 11.5 Å². The van der Waals surface area contributed by atoms with Crippen molar-refractivity contribution in [3.63, 3.8) is 0 Å². The number of amides is 1. The molecule has 2 fully saturated rings. The molecule has 8 nitrogen and oxygen atoms in total. The van der Waals surface area contributed by atoms with Crippen molar-refractivity contribution in [2.75, 3.05) is 59.2 Å². The van der Waals surface area contributed by atoms with Gasteiger partial charge in [-0.1, -0.05) is 13.8 Å². The molecule has 2 atom stereocenters. The number of thioether (sulfide) groups is 1. The van der Waals surface area contributed by atoms with E-state index in [2.05, 4.69) is 4.90 Å². The van der Waals surface area contributed by atoms with Crippen molar-refractivity contribution >= 4 is 27.7 Å². The van der Waals surface area contributed by atoms with Gasteiger partial charge in [-0.15, -0.1) is 11.8 Å².